The van der Waals surface area contributed by atoms with Gasteiger partial charge in [0.1, 0.15) is 0 Å². The van der Waals surface area contributed by atoms with Crippen molar-refractivity contribution in [1.29, 1.82) is 0 Å². The second-order valence-electron chi connectivity index (χ2n) is 2.16. The zero-order valence-corrected chi connectivity index (χ0v) is 8.49. The molecule has 0 aliphatic rings. The molecule has 0 N–H and O–H groups in total. The summed E-state index contributed by atoms with van der Waals surface area (Å²) >= 11 is 0. The Hall–Kier alpha value is -0.523. The van der Waals surface area contributed by atoms with Gasteiger partial charge in [-0.05, 0) is 0 Å². The van der Waals surface area contributed by atoms with E-state index in [0.29, 0.717) is 6.23 Å². The molecule has 0 atom stereocenters. The van der Waals surface area contributed by atoms with E-state index in [1.165, 1.54) is 20.3 Å². The normalized spacial score (nSPS) is 10.9. The molecule has 0 spiro atoms. The van der Waals surface area contributed by atoms with Crippen LogP contribution < -0.4 is 0 Å². The molecule has 0 saturated heterocycles. The van der Waals surface area contributed by atoms with Crippen LogP contribution in [0.3, 0.4) is 0 Å². The van der Waals surface area contributed by atoms with Gasteiger partial charge >= 0.3 is 8.56 Å². The van der Waals surface area contributed by atoms with Crippen LogP contribution in [0.1, 0.15) is 0 Å². The zero-order chi connectivity index (χ0) is 9.45. The van der Waals surface area contributed by atoms with Gasteiger partial charge in [-0.15, -0.1) is 0 Å². The number of ether oxygens (including phenoxy) is 1. The van der Waals surface area contributed by atoms with Crippen LogP contribution in [0.25, 0.3) is 0 Å². The Morgan fingerprint density at radius 1 is 1.33 bits per heavy atom. The second kappa shape index (κ2) is 6.04. The van der Waals surface area contributed by atoms with Gasteiger partial charge in [0.15, 0.2) is 0 Å². The van der Waals surface area contributed by atoms with Crippen molar-refractivity contribution in [2.75, 3.05) is 33.7 Å². The quantitative estimate of drug-likeness (QED) is 0.331. The number of methoxy groups -OCH3 is 1. The Morgan fingerprint density at radius 2 is 1.92 bits per heavy atom. The van der Waals surface area contributed by atoms with Crippen molar-refractivity contribution in [1.82, 2.24) is 0 Å². The van der Waals surface area contributed by atoms with Gasteiger partial charge in [-0.2, -0.15) is 0 Å². The number of carbonyl (C=O) groups excluding carboxylic acids is 1. The molecule has 0 radical (unpaired) electrons. The van der Waals surface area contributed by atoms with Crippen molar-refractivity contribution >= 4 is 14.6 Å². The first kappa shape index (κ1) is 11.5. The summed E-state index contributed by atoms with van der Waals surface area (Å²) in [5, 5.41) is 0. The lowest BCUT2D eigenvalue weighted by atomic mass is 11.4. The fourth-order valence-corrected chi connectivity index (χ4v) is 2.25. The summed E-state index contributed by atoms with van der Waals surface area (Å²) in [7, 11) is 2.18. The SMILES string of the molecule is COC[Si](CN=C=O)(OC)OC. The highest BCUT2D eigenvalue weighted by atomic mass is 28.4. The van der Waals surface area contributed by atoms with Gasteiger partial charge in [0.05, 0.1) is 12.4 Å². The van der Waals surface area contributed by atoms with E-state index in [9.17, 15) is 4.79 Å². The van der Waals surface area contributed by atoms with Gasteiger partial charge in [0.2, 0.25) is 6.08 Å². The van der Waals surface area contributed by atoms with Crippen molar-refractivity contribution in [3.8, 4) is 0 Å². The minimum Gasteiger partial charge on any atom is -0.395 e. The minimum atomic E-state index is -2.42. The Morgan fingerprint density at radius 3 is 2.25 bits per heavy atom. The average Bonchev–Trinajstić information content (AvgIpc) is 2.13. The van der Waals surface area contributed by atoms with Crippen molar-refractivity contribution in [3.05, 3.63) is 0 Å². The lowest BCUT2D eigenvalue weighted by molar-refractivity contribution is 0.164. The van der Waals surface area contributed by atoms with Crippen LogP contribution in [0.5, 0.6) is 0 Å². The van der Waals surface area contributed by atoms with Crippen LogP contribution in [-0.4, -0.2) is 48.4 Å². The topological polar surface area (TPSA) is 57.1 Å². The Balaban J connectivity index is 4.22. The van der Waals surface area contributed by atoms with Gasteiger partial charge in [0.25, 0.3) is 0 Å². The Labute approximate surface area is 72.6 Å². The van der Waals surface area contributed by atoms with E-state index in [-0.39, 0.29) is 6.17 Å². The highest BCUT2D eigenvalue weighted by molar-refractivity contribution is 6.67. The summed E-state index contributed by atoms with van der Waals surface area (Å²) in [5.41, 5.74) is 0. The predicted octanol–water partition coefficient (Wildman–Crippen LogP) is -0.218. The third-order valence-electron chi connectivity index (χ3n) is 1.49. The summed E-state index contributed by atoms with van der Waals surface area (Å²) in [6.07, 6.45) is 2.02. The smallest absolute Gasteiger partial charge is 0.387 e. The van der Waals surface area contributed by atoms with Crippen LogP contribution in [0, 0.1) is 0 Å². The maximum absolute atomic E-state index is 9.87. The fraction of sp³-hybridized carbons (Fsp3) is 0.833. The van der Waals surface area contributed by atoms with Crippen LogP contribution >= 0.6 is 0 Å². The summed E-state index contributed by atoms with van der Waals surface area (Å²) < 4.78 is 15.2. The van der Waals surface area contributed by atoms with E-state index in [4.69, 9.17) is 13.6 Å². The largest absolute Gasteiger partial charge is 0.395 e. The lowest BCUT2D eigenvalue weighted by Crippen LogP contribution is -2.49. The van der Waals surface area contributed by atoms with Crippen molar-refractivity contribution in [3.63, 3.8) is 0 Å². The number of rotatable bonds is 6. The molecule has 12 heavy (non-hydrogen) atoms. The molecule has 0 saturated carbocycles. The Bertz CT molecular complexity index is 165. The summed E-state index contributed by atoms with van der Waals surface area (Å²) in [6, 6.07) is 0. The van der Waals surface area contributed by atoms with Gasteiger partial charge in [-0.25, -0.2) is 9.79 Å². The first-order chi connectivity index (χ1) is 5.74. The second-order valence-corrected chi connectivity index (χ2v) is 5.40. The van der Waals surface area contributed by atoms with E-state index >= 15 is 0 Å². The molecular formula is C6H13NO4Si. The predicted molar refractivity (Wildman–Crippen MR) is 44.6 cm³/mol. The molecule has 5 nitrogen and oxygen atoms in total. The van der Waals surface area contributed by atoms with Crippen molar-refractivity contribution in [2.45, 2.75) is 0 Å². The number of isocyanates is 1. The van der Waals surface area contributed by atoms with Crippen LogP contribution in [0.4, 0.5) is 0 Å². The van der Waals surface area contributed by atoms with Crippen LogP contribution in [0.2, 0.25) is 0 Å². The van der Waals surface area contributed by atoms with Crippen molar-refractivity contribution in [2.24, 2.45) is 4.99 Å². The van der Waals surface area contributed by atoms with E-state index in [1.54, 1.807) is 7.11 Å². The summed E-state index contributed by atoms with van der Waals surface area (Å²) in [6.45, 7) is 0. The highest BCUT2D eigenvalue weighted by Gasteiger charge is 2.35. The fourth-order valence-electron chi connectivity index (χ4n) is 0.749. The number of nitrogens with zero attached hydrogens (tertiary/aromatic N) is 1. The van der Waals surface area contributed by atoms with Gasteiger partial charge in [-0.3, -0.25) is 0 Å². The molecule has 0 heterocycles. The monoisotopic (exact) mass is 191 g/mol. The maximum atomic E-state index is 9.87. The molecule has 0 aromatic rings. The average molecular weight is 191 g/mol. The molecule has 70 valence electrons. The standard InChI is InChI=1S/C6H13NO4Si/c1-9-6-12(10-2,11-3)5-7-4-8/h5-6H2,1-3H3. The van der Waals surface area contributed by atoms with Gasteiger partial charge < -0.3 is 13.6 Å². The zero-order valence-electron chi connectivity index (χ0n) is 7.49. The third kappa shape index (κ3) is 3.25. The molecule has 0 aliphatic carbocycles. The molecule has 0 fully saturated rings. The van der Waals surface area contributed by atoms with Gasteiger partial charge in [0, 0.05) is 21.3 Å². The first-order valence-electron chi connectivity index (χ1n) is 3.37. The first-order valence-corrected chi connectivity index (χ1v) is 5.60. The molecule has 0 aromatic heterocycles. The molecule has 0 unspecified atom stereocenters. The van der Waals surface area contributed by atoms with Gasteiger partial charge in [-0.1, -0.05) is 0 Å². The number of hydrogen-bond donors (Lipinski definition) is 0. The van der Waals surface area contributed by atoms with Crippen LogP contribution in [0.15, 0.2) is 4.99 Å². The molecule has 0 aromatic carbocycles. The maximum Gasteiger partial charge on any atom is 0.387 e. The van der Waals surface area contributed by atoms with Crippen molar-refractivity contribution < 1.29 is 18.4 Å². The minimum absolute atomic E-state index is 0.220. The van der Waals surface area contributed by atoms with E-state index in [1.807, 2.05) is 0 Å². The molecule has 0 amide bonds. The Kier molecular flexibility index (Phi) is 5.78. The number of hydrogen-bond acceptors (Lipinski definition) is 5. The highest BCUT2D eigenvalue weighted by Crippen LogP contribution is 2.05. The summed E-state index contributed by atoms with van der Waals surface area (Å²) in [4.78, 5) is 13.3. The molecule has 0 bridgehead atoms. The van der Waals surface area contributed by atoms with Crippen LogP contribution in [-0.2, 0) is 18.4 Å². The molecule has 0 rings (SSSR count). The lowest BCUT2D eigenvalue weighted by Gasteiger charge is -2.23. The third-order valence-corrected chi connectivity index (χ3v) is 4.35. The molecule has 6 heteroatoms. The number of aliphatic imine (C=N–C) groups is 1. The molecular weight excluding hydrogens is 178 g/mol. The molecule has 0 aliphatic heterocycles. The van der Waals surface area contributed by atoms with E-state index < -0.39 is 8.56 Å². The summed E-state index contributed by atoms with van der Waals surface area (Å²) in [5.74, 6) is 0. The van der Waals surface area contributed by atoms with E-state index in [0.717, 1.165) is 0 Å². The van der Waals surface area contributed by atoms with E-state index in [2.05, 4.69) is 4.99 Å².